The molecule has 1 aliphatic carbocycles. The first kappa shape index (κ1) is 29.7. The molecule has 4 atom stereocenters. The zero-order valence-corrected chi connectivity index (χ0v) is 24.5. The number of allylic oxidation sites excluding steroid dienone is 1. The molecular weight excluding hydrogens is 563 g/mol. The normalized spacial score (nSPS) is 23.7. The lowest BCUT2D eigenvalue weighted by molar-refractivity contribution is -0.137. The highest BCUT2D eigenvalue weighted by Gasteiger charge is 2.59. The summed E-state index contributed by atoms with van der Waals surface area (Å²) in [5.41, 5.74) is 4.31. The molecule has 10 nitrogen and oxygen atoms in total. The number of aromatic nitrogens is 1. The van der Waals surface area contributed by atoms with Gasteiger partial charge in [0.1, 0.15) is 5.75 Å². The Bertz CT molecular complexity index is 1670. The highest BCUT2D eigenvalue weighted by atomic mass is 16.5. The van der Waals surface area contributed by atoms with Crippen molar-refractivity contribution in [3.05, 3.63) is 83.2 Å². The van der Waals surface area contributed by atoms with Crippen LogP contribution in [0, 0.1) is 17.8 Å². The van der Waals surface area contributed by atoms with E-state index in [1.54, 1.807) is 19.4 Å². The number of rotatable bonds is 7. The molecule has 3 amide bonds. The second-order valence-electron chi connectivity index (χ2n) is 11.4. The number of imide groups is 3. The van der Waals surface area contributed by atoms with E-state index in [0.717, 1.165) is 45.9 Å². The Morgan fingerprint density at radius 2 is 1.84 bits per heavy atom. The summed E-state index contributed by atoms with van der Waals surface area (Å²) in [6.45, 7) is 0.229. The van der Waals surface area contributed by atoms with Gasteiger partial charge in [-0.25, -0.2) is 4.79 Å². The molecule has 2 saturated heterocycles. The van der Waals surface area contributed by atoms with Gasteiger partial charge >= 0.3 is 13.2 Å². The predicted molar refractivity (Wildman–Crippen MR) is 163 cm³/mol. The van der Waals surface area contributed by atoms with Gasteiger partial charge in [0.2, 0.25) is 11.8 Å². The number of hydrogen-bond acceptors (Lipinski definition) is 9. The summed E-state index contributed by atoms with van der Waals surface area (Å²) in [5, 5.41) is 22.9. The monoisotopic (exact) mass is 596 g/mol. The van der Waals surface area contributed by atoms with Crippen molar-refractivity contribution in [2.75, 3.05) is 20.8 Å². The van der Waals surface area contributed by atoms with Crippen molar-refractivity contribution in [1.29, 1.82) is 0 Å². The molecule has 0 saturated carbocycles. The number of phenols is 1. The van der Waals surface area contributed by atoms with Gasteiger partial charge < -0.3 is 24.3 Å². The summed E-state index contributed by atoms with van der Waals surface area (Å²) in [6.07, 6.45) is 3.55. The molecule has 2 aromatic carbocycles. The molecule has 2 aliphatic heterocycles. The average Bonchev–Trinajstić information content (AvgIpc) is 3.29. The standard InChI is InChI=1S/C33H33BN2O8/c1-42-18-21-16-24-30(32(39)36(31(24)38)33(40)43-2)25-17-34(41)44-28(29(21)25)13-11-20(26-9-5-6-14-35-26)15-19-10-12-27(37)23-8-4-3-7-22(19)23/h3-10,12,14-15,24-25,28,30,37,41H,11,13,16-18H2,1-2H3/b20-15-/t24-,25+,28-,30-/m1/s1. The molecule has 226 valence electrons. The number of benzene rings is 2. The topological polar surface area (TPSA) is 135 Å². The third-order valence-electron chi connectivity index (χ3n) is 8.92. The maximum atomic E-state index is 13.5. The quantitative estimate of drug-likeness (QED) is 0.230. The summed E-state index contributed by atoms with van der Waals surface area (Å²) in [6, 6.07) is 16.9. The fourth-order valence-electron chi connectivity index (χ4n) is 7.08. The van der Waals surface area contributed by atoms with Crippen molar-refractivity contribution in [2.45, 2.75) is 31.7 Å². The van der Waals surface area contributed by atoms with Crippen molar-refractivity contribution in [2.24, 2.45) is 17.8 Å². The fraction of sp³-hybridized carbons (Fsp3) is 0.333. The third kappa shape index (κ3) is 5.31. The fourth-order valence-corrected chi connectivity index (χ4v) is 7.08. The lowest BCUT2D eigenvalue weighted by Gasteiger charge is -2.43. The van der Waals surface area contributed by atoms with Gasteiger partial charge in [0, 0.05) is 18.7 Å². The number of carbonyl (C=O) groups excluding carboxylic acids is 3. The molecule has 0 radical (unpaired) electrons. The van der Waals surface area contributed by atoms with E-state index in [0.29, 0.717) is 17.7 Å². The summed E-state index contributed by atoms with van der Waals surface area (Å²) in [7, 11) is 1.54. The second kappa shape index (κ2) is 12.4. The number of methoxy groups -OCH3 is 2. The van der Waals surface area contributed by atoms with Crippen LogP contribution in [0.5, 0.6) is 5.75 Å². The Balaban J connectivity index is 1.36. The summed E-state index contributed by atoms with van der Waals surface area (Å²) in [5.74, 6) is -3.02. The number of likely N-dealkylation sites (tertiary alicyclic amines) is 1. The van der Waals surface area contributed by atoms with Gasteiger partial charge in [0.25, 0.3) is 0 Å². The molecule has 3 aliphatic rings. The first-order chi connectivity index (χ1) is 21.3. The van der Waals surface area contributed by atoms with Gasteiger partial charge in [-0.2, -0.15) is 4.90 Å². The van der Waals surface area contributed by atoms with E-state index in [1.807, 2.05) is 48.5 Å². The Kier molecular flexibility index (Phi) is 8.35. The van der Waals surface area contributed by atoms with Gasteiger partial charge in [0.15, 0.2) is 0 Å². The van der Waals surface area contributed by atoms with Crippen LogP contribution >= 0.6 is 0 Å². The zero-order chi connectivity index (χ0) is 31.0. The van der Waals surface area contributed by atoms with E-state index in [4.69, 9.17) is 14.1 Å². The van der Waals surface area contributed by atoms with Crippen LogP contribution in [0.25, 0.3) is 22.4 Å². The van der Waals surface area contributed by atoms with Crippen molar-refractivity contribution in [3.63, 3.8) is 0 Å². The van der Waals surface area contributed by atoms with Gasteiger partial charge in [0.05, 0.1) is 37.4 Å². The van der Waals surface area contributed by atoms with E-state index < -0.39 is 48.9 Å². The Morgan fingerprint density at radius 1 is 1.07 bits per heavy atom. The van der Waals surface area contributed by atoms with Crippen LogP contribution in [0.2, 0.25) is 6.32 Å². The van der Waals surface area contributed by atoms with E-state index >= 15 is 0 Å². The van der Waals surface area contributed by atoms with Crippen LogP contribution in [0.1, 0.15) is 30.5 Å². The number of hydrogen-bond donors (Lipinski definition) is 2. The van der Waals surface area contributed by atoms with Crippen molar-refractivity contribution < 1.29 is 38.6 Å². The molecule has 2 N–H and O–H groups in total. The molecule has 3 aromatic rings. The van der Waals surface area contributed by atoms with E-state index in [2.05, 4.69) is 11.1 Å². The van der Waals surface area contributed by atoms with Crippen molar-refractivity contribution in [3.8, 4) is 5.75 Å². The summed E-state index contributed by atoms with van der Waals surface area (Å²) in [4.78, 5) is 44.2. The zero-order valence-electron chi connectivity index (χ0n) is 24.5. The van der Waals surface area contributed by atoms with E-state index in [-0.39, 0.29) is 25.1 Å². The van der Waals surface area contributed by atoms with Gasteiger partial charge in [-0.3, -0.25) is 14.6 Å². The average molecular weight is 596 g/mol. The SMILES string of the molecule is COCC1=C2[C@@H](CC/C(=C/c3ccc(O)c4ccccc34)c3ccccn3)OB(O)C[C@@H]2[C@@H]2C(=O)N(C(=O)OC)C(=O)[C@@H]2C1. The van der Waals surface area contributed by atoms with Crippen LogP contribution < -0.4 is 0 Å². The number of carbonyl (C=O) groups is 3. The Hall–Kier alpha value is -4.32. The maximum absolute atomic E-state index is 13.5. The highest BCUT2D eigenvalue weighted by Crippen LogP contribution is 2.51. The number of fused-ring (bicyclic) bond motifs is 4. The summed E-state index contributed by atoms with van der Waals surface area (Å²) >= 11 is 0. The molecule has 0 bridgehead atoms. The molecule has 0 unspecified atom stereocenters. The highest BCUT2D eigenvalue weighted by molar-refractivity contribution is 6.43. The Labute approximate surface area is 255 Å². The molecule has 1 aromatic heterocycles. The van der Waals surface area contributed by atoms with Crippen LogP contribution in [0.3, 0.4) is 0 Å². The third-order valence-corrected chi connectivity index (χ3v) is 8.92. The molecule has 2 fully saturated rings. The first-order valence-corrected chi connectivity index (χ1v) is 14.6. The lowest BCUT2D eigenvalue weighted by atomic mass is 9.58. The second-order valence-corrected chi connectivity index (χ2v) is 11.4. The predicted octanol–water partition coefficient (Wildman–Crippen LogP) is 4.47. The van der Waals surface area contributed by atoms with Gasteiger partial charge in [-0.1, -0.05) is 36.4 Å². The van der Waals surface area contributed by atoms with Crippen LogP contribution in [-0.2, 0) is 23.7 Å². The summed E-state index contributed by atoms with van der Waals surface area (Å²) < 4.78 is 16.4. The number of ether oxygens (including phenoxy) is 2. The number of nitrogens with zero attached hydrogens (tertiary/aromatic N) is 2. The number of amides is 3. The van der Waals surface area contributed by atoms with E-state index in [1.165, 1.54) is 0 Å². The van der Waals surface area contributed by atoms with Crippen LogP contribution in [-0.4, -0.2) is 72.0 Å². The number of pyridine rings is 1. The molecule has 44 heavy (non-hydrogen) atoms. The molecule has 3 heterocycles. The number of phenolic OH excluding ortho intramolecular Hbond substituents is 1. The minimum Gasteiger partial charge on any atom is -0.507 e. The number of aromatic hydroxyl groups is 1. The smallest absolute Gasteiger partial charge is 0.455 e. The van der Waals surface area contributed by atoms with Crippen LogP contribution in [0.4, 0.5) is 4.79 Å². The molecular formula is C33H33BN2O8. The molecule has 11 heteroatoms. The van der Waals surface area contributed by atoms with E-state index in [9.17, 15) is 24.5 Å². The maximum Gasteiger partial charge on any atom is 0.455 e. The van der Waals surface area contributed by atoms with Gasteiger partial charge in [-0.05, 0) is 83.4 Å². The lowest BCUT2D eigenvalue weighted by Crippen LogP contribution is -2.46. The van der Waals surface area contributed by atoms with Crippen molar-refractivity contribution >= 4 is 47.4 Å². The molecule has 6 rings (SSSR count). The van der Waals surface area contributed by atoms with Crippen LogP contribution in [0.15, 0.2) is 71.9 Å². The Morgan fingerprint density at radius 3 is 2.57 bits per heavy atom. The molecule has 0 spiro atoms. The minimum atomic E-state index is -1.16. The van der Waals surface area contributed by atoms with Gasteiger partial charge in [-0.15, -0.1) is 0 Å². The van der Waals surface area contributed by atoms with Crippen molar-refractivity contribution in [1.82, 2.24) is 9.88 Å². The minimum absolute atomic E-state index is 0.122. The first-order valence-electron chi connectivity index (χ1n) is 14.6. The largest absolute Gasteiger partial charge is 0.507 e.